The number of halogens is 1. The molecule has 0 saturated heterocycles. The van der Waals surface area contributed by atoms with Gasteiger partial charge in [-0.1, -0.05) is 77.4 Å². The Labute approximate surface area is 168 Å². The van der Waals surface area contributed by atoms with Crippen molar-refractivity contribution in [2.24, 2.45) is 4.40 Å². The SMILES string of the molecule is CC(C)c1cc(C(C)C)c(S(=O)(=O)/N=C/c2ccc(Cl)cc2)c(C(C)C)c1. The van der Waals surface area contributed by atoms with Crippen LogP contribution >= 0.6 is 11.6 Å². The summed E-state index contributed by atoms with van der Waals surface area (Å²) in [6.07, 6.45) is 1.39. The molecule has 2 aromatic carbocycles. The van der Waals surface area contributed by atoms with Crippen LogP contribution in [0.5, 0.6) is 0 Å². The molecule has 0 saturated carbocycles. The topological polar surface area (TPSA) is 46.5 Å². The average Bonchev–Trinajstić information content (AvgIpc) is 2.59. The molecule has 0 aliphatic rings. The van der Waals surface area contributed by atoms with Crippen molar-refractivity contribution in [2.75, 3.05) is 0 Å². The molecular weight excluding hydrogens is 378 g/mol. The fourth-order valence-electron chi connectivity index (χ4n) is 2.92. The fourth-order valence-corrected chi connectivity index (χ4v) is 4.60. The van der Waals surface area contributed by atoms with E-state index in [1.165, 1.54) is 6.21 Å². The van der Waals surface area contributed by atoms with Crippen molar-refractivity contribution in [3.63, 3.8) is 0 Å². The van der Waals surface area contributed by atoms with Crippen molar-refractivity contribution in [1.29, 1.82) is 0 Å². The monoisotopic (exact) mass is 405 g/mol. The van der Waals surface area contributed by atoms with E-state index in [9.17, 15) is 8.42 Å². The molecular formula is C22H28ClNO2S. The highest BCUT2D eigenvalue weighted by atomic mass is 35.5. The van der Waals surface area contributed by atoms with Gasteiger partial charge in [-0.05, 0) is 52.1 Å². The summed E-state index contributed by atoms with van der Waals surface area (Å²) in [6, 6.07) is 11.0. The van der Waals surface area contributed by atoms with Crippen LogP contribution < -0.4 is 0 Å². The van der Waals surface area contributed by atoms with E-state index in [4.69, 9.17) is 11.6 Å². The molecule has 0 heterocycles. The minimum atomic E-state index is -3.83. The first-order valence-corrected chi connectivity index (χ1v) is 11.1. The molecule has 2 rings (SSSR count). The molecule has 5 heteroatoms. The Hall–Kier alpha value is -1.65. The van der Waals surface area contributed by atoms with Gasteiger partial charge in [-0.25, -0.2) is 0 Å². The zero-order chi connectivity index (χ0) is 20.4. The molecule has 3 nitrogen and oxygen atoms in total. The maximum absolute atomic E-state index is 13.2. The molecule has 0 N–H and O–H groups in total. The Balaban J connectivity index is 2.64. The largest absolute Gasteiger partial charge is 0.282 e. The maximum Gasteiger partial charge on any atom is 0.282 e. The third-order valence-electron chi connectivity index (χ3n) is 4.55. The second-order valence-electron chi connectivity index (χ2n) is 7.75. The van der Waals surface area contributed by atoms with E-state index in [2.05, 4.69) is 18.2 Å². The summed E-state index contributed by atoms with van der Waals surface area (Å²) in [6.45, 7) is 12.3. The third kappa shape index (κ3) is 5.20. The molecule has 0 atom stereocenters. The van der Waals surface area contributed by atoms with E-state index in [1.54, 1.807) is 24.3 Å². The van der Waals surface area contributed by atoms with Crippen molar-refractivity contribution in [1.82, 2.24) is 0 Å². The molecule has 0 bridgehead atoms. The summed E-state index contributed by atoms with van der Waals surface area (Å²) in [5, 5.41) is 0.600. The summed E-state index contributed by atoms with van der Waals surface area (Å²) in [7, 11) is -3.83. The molecule has 146 valence electrons. The van der Waals surface area contributed by atoms with Crippen molar-refractivity contribution >= 4 is 27.8 Å². The Morgan fingerprint density at radius 3 is 1.74 bits per heavy atom. The number of benzene rings is 2. The van der Waals surface area contributed by atoms with Crippen LogP contribution in [0.1, 0.15) is 81.5 Å². The summed E-state index contributed by atoms with van der Waals surface area (Å²) in [5.41, 5.74) is 3.51. The van der Waals surface area contributed by atoms with E-state index in [1.807, 2.05) is 39.8 Å². The number of hydrogen-bond acceptors (Lipinski definition) is 2. The maximum atomic E-state index is 13.2. The Bertz CT molecular complexity index is 898. The normalized spacial score (nSPS) is 12.7. The van der Waals surface area contributed by atoms with Gasteiger partial charge in [0.05, 0.1) is 4.90 Å². The van der Waals surface area contributed by atoms with Gasteiger partial charge in [0.2, 0.25) is 0 Å². The average molecular weight is 406 g/mol. The third-order valence-corrected chi connectivity index (χ3v) is 6.17. The van der Waals surface area contributed by atoms with Crippen molar-refractivity contribution < 1.29 is 8.42 Å². The second-order valence-corrected chi connectivity index (χ2v) is 9.76. The zero-order valence-corrected chi connectivity index (χ0v) is 18.4. The van der Waals surface area contributed by atoms with Crippen molar-refractivity contribution in [3.05, 3.63) is 63.7 Å². The van der Waals surface area contributed by atoms with Gasteiger partial charge in [0.1, 0.15) is 0 Å². The minimum Gasteiger partial charge on any atom is -0.199 e. The van der Waals surface area contributed by atoms with Crippen LogP contribution in [0, 0.1) is 0 Å². The predicted molar refractivity (Wildman–Crippen MR) is 115 cm³/mol. The number of sulfonamides is 1. The lowest BCUT2D eigenvalue weighted by Gasteiger charge is -2.21. The van der Waals surface area contributed by atoms with Crippen LogP contribution in [0.3, 0.4) is 0 Å². The van der Waals surface area contributed by atoms with Gasteiger partial charge in [-0.2, -0.15) is 12.8 Å². The number of nitrogens with zero attached hydrogens (tertiary/aromatic N) is 1. The first-order valence-electron chi connectivity index (χ1n) is 9.26. The van der Waals surface area contributed by atoms with E-state index >= 15 is 0 Å². The molecule has 0 amide bonds. The summed E-state index contributed by atoms with van der Waals surface area (Å²) in [5.74, 6) is 0.489. The summed E-state index contributed by atoms with van der Waals surface area (Å²) < 4.78 is 30.4. The van der Waals surface area contributed by atoms with Crippen LogP contribution in [0.4, 0.5) is 0 Å². The Kier molecular flexibility index (Phi) is 6.87. The molecule has 0 spiro atoms. The highest BCUT2D eigenvalue weighted by Gasteiger charge is 2.26. The molecule has 0 aliphatic heterocycles. The lowest BCUT2D eigenvalue weighted by Crippen LogP contribution is -2.11. The van der Waals surface area contributed by atoms with Gasteiger partial charge >= 0.3 is 0 Å². The number of rotatable bonds is 6. The lowest BCUT2D eigenvalue weighted by molar-refractivity contribution is 0.592. The fraction of sp³-hybridized carbons (Fsp3) is 0.409. The first kappa shape index (κ1) is 21.6. The highest BCUT2D eigenvalue weighted by molar-refractivity contribution is 7.90. The standard InChI is InChI=1S/C22H28ClNO2S/c1-14(2)18-11-20(15(3)4)22(21(12-18)16(5)6)27(25,26)24-13-17-7-9-19(23)10-8-17/h7-16H,1-6H3/b24-13+. The van der Waals surface area contributed by atoms with Gasteiger partial charge in [-0.3, -0.25) is 0 Å². The van der Waals surface area contributed by atoms with Crippen molar-refractivity contribution in [2.45, 2.75) is 64.2 Å². The van der Waals surface area contributed by atoms with Crippen LogP contribution in [-0.2, 0) is 10.0 Å². The second kappa shape index (κ2) is 8.57. The molecule has 0 fully saturated rings. The van der Waals surface area contributed by atoms with Crippen LogP contribution in [0.25, 0.3) is 0 Å². The lowest BCUT2D eigenvalue weighted by atomic mass is 9.89. The highest BCUT2D eigenvalue weighted by Crippen LogP contribution is 2.35. The van der Waals surface area contributed by atoms with Gasteiger partial charge in [-0.15, -0.1) is 0 Å². The van der Waals surface area contributed by atoms with Crippen LogP contribution in [-0.4, -0.2) is 14.6 Å². The van der Waals surface area contributed by atoms with E-state index < -0.39 is 10.0 Å². The molecule has 0 unspecified atom stereocenters. The molecule has 0 radical (unpaired) electrons. The predicted octanol–water partition coefficient (Wildman–Crippen LogP) is 6.52. The zero-order valence-electron chi connectivity index (χ0n) is 16.8. The number of hydrogen-bond donors (Lipinski definition) is 0. The van der Waals surface area contributed by atoms with E-state index in [0.29, 0.717) is 21.4 Å². The van der Waals surface area contributed by atoms with Crippen LogP contribution in [0.15, 0.2) is 45.7 Å². The molecule has 27 heavy (non-hydrogen) atoms. The Morgan fingerprint density at radius 1 is 0.852 bits per heavy atom. The molecule has 0 aliphatic carbocycles. The van der Waals surface area contributed by atoms with Crippen LogP contribution in [0.2, 0.25) is 5.02 Å². The first-order chi connectivity index (χ1) is 12.5. The Morgan fingerprint density at radius 2 is 1.33 bits per heavy atom. The summed E-state index contributed by atoms with van der Waals surface area (Å²) in [4.78, 5) is 0.349. The minimum absolute atomic E-state index is 0.0803. The van der Waals surface area contributed by atoms with Crippen molar-refractivity contribution in [3.8, 4) is 0 Å². The van der Waals surface area contributed by atoms with Gasteiger partial charge in [0.15, 0.2) is 0 Å². The van der Waals surface area contributed by atoms with E-state index in [0.717, 1.165) is 16.7 Å². The molecule has 0 aromatic heterocycles. The molecule has 2 aromatic rings. The van der Waals surface area contributed by atoms with E-state index in [-0.39, 0.29) is 11.8 Å². The van der Waals surface area contributed by atoms with Gasteiger partial charge in [0, 0.05) is 11.2 Å². The quantitative estimate of drug-likeness (QED) is 0.513. The smallest absolute Gasteiger partial charge is 0.199 e. The van der Waals surface area contributed by atoms with Gasteiger partial charge in [0.25, 0.3) is 10.0 Å². The van der Waals surface area contributed by atoms with Gasteiger partial charge < -0.3 is 0 Å². The summed E-state index contributed by atoms with van der Waals surface area (Å²) >= 11 is 5.89.